The van der Waals surface area contributed by atoms with Crippen LogP contribution in [0.15, 0.2) is 116 Å². The summed E-state index contributed by atoms with van der Waals surface area (Å²) in [5, 5.41) is 0. The van der Waals surface area contributed by atoms with Gasteiger partial charge in [0.1, 0.15) is 11.5 Å². The van der Waals surface area contributed by atoms with Crippen molar-refractivity contribution in [2.75, 3.05) is 12.0 Å². The molecule has 1 aliphatic rings. The molecular weight excluding hydrogens is 644 g/mol. The average molecular weight is 676 g/mol. The number of hydrogen-bond acceptors (Lipinski definition) is 6. The Kier molecular flexibility index (Phi) is 9.05. The van der Waals surface area contributed by atoms with Crippen molar-refractivity contribution in [1.29, 1.82) is 0 Å². The van der Waals surface area contributed by atoms with E-state index in [2.05, 4.69) is 15.9 Å². The zero-order chi connectivity index (χ0) is 31.6. The summed E-state index contributed by atoms with van der Waals surface area (Å²) in [6, 6.07) is 24.9. The van der Waals surface area contributed by atoms with Gasteiger partial charge >= 0.3 is 5.97 Å². The molecule has 0 aliphatic carbocycles. The highest BCUT2D eigenvalue weighted by molar-refractivity contribution is 9.10. The quantitative estimate of drug-likeness (QED) is 0.141. The van der Waals surface area contributed by atoms with E-state index in [9.17, 15) is 18.0 Å². The highest BCUT2D eigenvalue weighted by Gasteiger charge is 2.38. The third kappa shape index (κ3) is 6.47. The number of rotatable bonds is 9. The number of anilines is 1. The number of aryl methyl sites for hydroxylation is 2. The van der Waals surface area contributed by atoms with Crippen molar-refractivity contribution < 1.29 is 27.2 Å². The molecule has 0 spiro atoms. The lowest BCUT2D eigenvalue weighted by atomic mass is 10.1. The number of carbonyl (C=O) groups is 2. The Bertz CT molecular complexity index is 1890. The molecule has 8 nitrogen and oxygen atoms in total. The third-order valence-corrected chi connectivity index (χ3v) is 9.59. The van der Waals surface area contributed by atoms with Gasteiger partial charge in [0.15, 0.2) is 0 Å². The normalized spacial score (nSPS) is 14.6. The minimum Gasteiger partial charge on any atom is -0.465 e. The molecule has 0 fully saturated rings. The summed E-state index contributed by atoms with van der Waals surface area (Å²) in [4.78, 5) is 28.1. The standard InChI is InChI=1S/C34H31BrN2O6S/c1-22-8-12-25(13-9-22)20-36(44(40,41)30-16-10-23(2)11-17-30)21-29-15-14-28(43-29)19-31-32(34(39)42-4)24(3)37(33(31)38)27-7-5-6-26(35)18-27/h5-19H,20-21H2,1-4H3/b31-19+. The third-order valence-electron chi connectivity index (χ3n) is 7.30. The SMILES string of the molecule is COC(=O)C1=C(C)N(c2cccc(Br)c2)C(=O)/C1=C/c1ccc(CN(Cc2ccc(C)cc2)S(=O)(=O)c2ccc(C)cc2)o1. The highest BCUT2D eigenvalue weighted by atomic mass is 79.9. The van der Waals surface area contributed by atoms with Crippen LogP contribution in [0.4, 0.5) is 5.69 Å². The number of benzene rings is 3. The smallest absolute Gasteiger partial charge is 0.340 e. The van der Waals surface area contributed by atoms with Crippen LogP contribution in [-0.4, -0.2) is 31.7 Å². The fourth-order valence-electron chi connectivity index (χ4n) is 4.96. The lowest BCUT2D eigenvalue weighted by molar-refractivity contribution is -0.136. The van der Waals surface area contributed by atoms with Gasteiger partial charge in [-0.25, -0.2) is 13.2 Å². The van der Waals surface area contributed by atoms with Gasteiger partial charge in [-0.05, 0) is 74.9 Å². The Morgan fingerprint density at radius 1 is 0.932 bits per heavy atom. The maximum absolute atomic E-state index is 13.8. The summed E-state index contributed by atoms with van der Waals surface area (Å²) in [7, 11) is -2.64. The molecule has 0 saturated carbocycles. The van der Waals surface area contributed by atoms with Crippen molar-refractivity contribution in [3.63, 3.8) is 0 Å². The number of methoxy groups -OCH3 is 1. The van der Waals surface area contributed by atoms with Crippen molar-refractivity contribution in [2.45, 2.75) is 38.8 Å². The molecule has 4 aromatic rings. The largest absolute Gasteiger partial charge is 0.465 e. The van der Waals surface area contributed by atoms with Crippen LogP contribution in [0.3, 0.4) is 0 Å². The number of allylic oxidation sites excluding steroid dienone is 1. The second-order valence-corrected chi connectivity index (χ2v) is 13.4. The van der Waals surface area contributed by atoms with Crippen LogP contribution < -0.4 is 4.90 Å². The van der Waals surface area contributed by atoms with Crippen LogP contribution in [0.2, 0.25) is 0 Å². The number of amides is 1. The lowest BCUT2D eigenvalue weighted by Gasteiger charge is -2.21. The summed E-state index contributed by atoms with van der Waals surface area (Å²) in [6.45, 7) is 5.62. The van der Waals surface area contributed by atoms with E-state index in [1.54, 1.807) is 61.5 Å². The first-order chi connectivity index (χ1) is 21.0. The van der Waals surface area contributed by atoms with Gasteiger partial charge in [0.25, 0.3) is 5.91 Å². The monoisotopic (exact) mass is 674 g/mol. The first-order valence-electron chi connectivity index (χ1n) is 13.8. The number of halogens is 1. The molecule has 1 aromatic heterocycles. The number of ether oxygens (including phenoxy) is 1. The van der Waals surface area contributed by atoms with Gasteiger partial charge in [-0.2, -0.15) is 4.31 Å². The van der Waals surface area contributed by atoms with Crippen LogP contribution in [0, 0.1) is 13.8 Å². The van der Waals surface area contributed by atoms with Crippen LogP contribution in [0.5, 0.6) is 0 Å². The summed E-state index contributed by atoms with van der Waals surface area (Å²) < 4.78 is 40.8. The predicted octanol–water partition coefficient (Wildman–Crippen LogP) is 6.93. The van der Waals surface area contributed by atoms with E-state index in [0.29, 0.717) is 17.1 Å². The van der Waals surface area contributed by atoms with Gasteiger partial charge < -0.3 is 9.15 Å². The number of furan rings is 1. The van der Waals surface area contributed by atoms with Crippen LogP contribution in [-0.2, 0) is 37.4 Å². The Labute approximate surface area is 265 Å². The minimum absolute atomic E-state index is 0.0515. The molecule has 1 amide bonds. The molecule has 0 bridgehead atoms. The van der Waals surface area contributed by atoms with E-state index < -0.39 is 21.9 Å². The molecule has 10 heteroatoms. The second kappa shape index (κ2) is 12.8. The Morgan fingerprint density at radius 2 is 1.59 bits per heavy atom. The summed E-state index contributed by atoms with van der Waals surface area (Å²) in [5.74, 6) is -0.410. The zero-order valence-corrected chi connectivity index (χ0v) is 27.1. The highest BCUT2D eigenvalue weighted by Crippen LogP contribution is 2.36. The predicted molar refractivity (Wildman–Crippen MR) is 172 cm³/mol. The lowest BCUT2D eigenvalue weighted by Crippen LogP contribution is -2.30. The van der Waals surface area contributed by atoms with E-state index >= 15 is 0 Å². The Hall–Kier alpha value is -4.25. The van der Waals surface area contributed by atoms with E-state index in [-0.39, 0.29) is 34.9 Å². The zero-order valence-electron chi connectivity index (χ0n) is 24.7. The summed E-state index contributed by atoms with van der Waals surface area (Å²) in [5.41, 5.74) is 4.09. The van der Waals surface area contributed by atoms with Crippen molar-refractivity contribution >= 4 is 49.6 Å². The first kappa shape index (κ1) is 31.2. The van der Waals surface area contributed by atoms with E-state index in [1.807, 2.05) is 44.2 Å². The molecule has 226 valence electrons. The average Bonchev–Trinajstić information content (AvgIpc) is 3.54. The molecule has 0 radical (unpaired) electrons. The minimum atomic E-state index is -3.89. The van der Waals surface area contributed by atoms with E-state index in [0.717, 1.165) is 21.2 Å². The van der Waals surface area contributed by atoms with Gasteiger partial charge in [-0.3, -0.25) is 9.69 Å². The van der Waals surface area contributed by atoms with Gasteiger partial charge in [0, 0.05) is 16.7 Å². The number of esters is 1. The van der Waals surface area contributed by atoms with Crippen molar-refractivity contribution in [3.05, 3.63) is 134 Å². The van der Waals surface area contributed by atoms with Crippen LogP contribution in [0.25, 0.3) is 6.08 Å². The Balaban J connectivity index is 1.48. The van der Waals surface area contributed by atoms with E-state index in [4.69, 9.17) is 9.15 Å². The molecule has 0 N–H and O–H groups in total. The molecule has 0 atom stereocenters. The van der Waals surface area contributed by atoms with Crippen molar-refractivity contribution in [3.8, 4) is 0 Å². The van der Waals surface area contributed by atoms with Crippen molar-refractivity contribution in [1.82, 2.24) is 4.31 Å². The summed E-state index contributed by atoms with van der Waals surface area (Å²) in [6.07, 6.45) is 1.48. The number of nitrogens with zero attached hydrogens (tertiary/aromatic N) is 2. The number of sulfonamides is 1. The van der Waals surface area contributed by atoms with Crippen molar-refractivity contribution in [2.24, 2.45) is 0 Å². The van der Waals surface area contributed by atoms with E-state index in [1.165, 1.54) is 22.4 Å². The maximum Gasteiger partial charge on any atom is 0.340 e. The van der Waals surface area contributed by atoms with Crippen LogP contribution >= 0.6 is 15.9 Å². The molecule has 0 unspecified atom stereocenters. The van der Waals surface area contributed by atoms with Crippen LogP contribution in [0.1, 0.15) is 35.1 Å². The Morgan fingerprint density at radius 3 is 2.23 bits per heavy atom. The molecule has 5 rings (SSSR count). The van der Waals surface area contributed by atoms with Gasteiger partial charge in [0.2, 0.25) is 10.0 Å². The number of hydrogen-bond donors (Lipinski definition) is 0. The molecular formula is C34H31BrN2O6S. The van der Waals surface area contributed by atoms with Gasteiger partial charge in [-0.15, -0.1) is 0 Å². The molecule has 44 heavy (non-hydrogen) atoms. The van der Waals surface area contributed by atoms with Gasteiger partial charge in [0.05, 0.1) is 35.4 Å². The molecule has 1 aliphatic heterocycles. The second-order valence-electron chi connectivity index (χ2n) is 10.5. The fraction of sp³-hybridized carbons (Fsp3) is 0.176. The first-order valence-corrected chi connectivity index (χ1v) is 16.0. The maximum atomic E-state index is 13.8. The topological polar surface area (TPSA) is 97.1 Å². The summed E-state index contributed by atoms with van der Waals surface area (Å²) >= 11 is 3.43. The fourth-order valence-corrected chi connectivity index (χ4v) is 6.74. The van der Waals surface area contributed by atoms with Gasteiger partial charge in [-0.1, -0.05) is 69.5 Å². The molecule has 0 saturated heterocycles. The molecule has 3 aromatic carbocycles. The molecule has 2 heterocycles. The number of carbonyl (C=O) groups excluding carboxylic acids is 2.